The summed E-state index contributed by atoms with van der Waals surface area (Å²) in [6.07, 6.45) is 1.20. The Labute approximate surface area is 91.9 Å². The first-order valence-corrected chi connectivity index (χ1v) is 4.89. The van der Waals surface area contributed by atoms with Gasteiger partial charge in [0.1, 0.15) is 5.56 Å². The van der Waals surface area contributed by atoms with E-state index in [0.29, 0.717) is 25.9 Å². The topological polar surface area (TPSA) is 44.8 Å². The van der Waals surface area contributed by atoms with Gasteiger partial charge in [-0.25, -0.2) is 4.39 Å². The van der Waals surface area contributed by atoms with Gasteiger partial charge in [-0.2, -0.15) is 0 Å². The maximum absolute atomic E-state index is 13.5. The maximum atomic E-state index is 13.5. The Balaban J connectivity index is 2.61. The highest BCUT2D eigenvalue weighted by molar-refractivity contribution is 5.85. The van der Waals surface area contributed by atoms with Gasteiger partial charge < -0.3 is 14.2 Å². The molecular weight excluding hydrogens is 215 g/mol. The Morgan fingerprint density at radius 2 is 2.19 bits per heavy atom. The molecule has 5 heteroatoms. The van der Waals surface area contributed by atoms with Crippen LogP contribution < -0.4 is 14.2 Å². The molecule has 0 aromatic heterocycles. The van der Waals surface area contributed by atoms with Crippen molar-refractivity contribution in [3.8, 4) is 17.2 Å². The zero-order valence-electron chi connectivity index (χ0n) is 8.79. The van der Waals surface area contributed by atoms with Crippen molar-refractivity contribution in [2.45, 2.75) is 6.42 Å². The summed E-state index contributed by atoms with van der Waals surface area (Å²) in [6, 6.07) is 1.17. The summed E-state index contributed by atoms with van der Waals surface area (Å²) in [5.74, 6) is -0.239. The minimum absolute atomic E-state index is 0.0550. The van der Waals surface area contributed by atoms with Gasteiger partial charge in [0.05, 0.1) is 20.3 Å². The molecule has 1 aliphatic heterocycles. The first-order chi connectivity index (χ1) is 7.77. The lowest BCUT2D eigenvalue weighted by molar-refractivity contribution is 0.111. The molecule has 86 valence electrons. The van der Waals surface area contributed by atoms with Crippen LogP contribution in [0.1, 0.15) is 16.8 Å². The molecule has 1 aliphatic rings. The number of carbonyl (C=O) groups excluding carboxylic acids is 1. The van der Waals surface area contributed by atoms with E-state index in [1.54, 1.807) is 0 Å². The summed E-state index contributed by atoms with van der Waals surface area (Å²) in [5, 5.41) is 0. The third-order valence-electron chi connectivity index (χ3n) is 2.30. The smallest absolute Gasteiger partial charge is 0.175 e. The molecule has 0 saturated carbocycles. The van der Waals surface area contributed by atoms with Gasteiger partial charge in [0.2, 0.25) is 0 Å². The number of hydrogen-bond donors (Lipinski definition) is 0. The van der Waals surface area contributed by atoms with E-state index < -0.39 is 5.82 Å². The van der Waals surface area contributed by atoms with E-state index in [2.05, 4.69) is 0 Å². The van der Waals surface area contributed by atoms with Crippen LogP contribution >= 0.6 is 0 Å². The molecule has 4 nitrogen and oxygen atoms in total. The Morgan fingerprint density at radius 1 is 1.44 bits per heavy atom. The van der Waals surface area contributed by atoms with Gasteiger partial charge in [-0.15, -0.1) is 0 Å². The molecule has 0 unspecified atom stereocenters. The molecular formula is C11H11FO4. The van der Waals surface area contributed by atoms with Crippen molar-refractivity contribution in [3.63, 3.8) is 0 Å². The molecule has 0 fully saturated rings. The number of ether oxygens (including phenoxy) is 3. The predicted octanol–water partition coefficient (Wildman–Crippen LogP) is 1.81. The second kappa shape index (κ2) is 4.38. The number of methoxy groups -OCH3 is 1. The first-order valence-electron chi connectivity index (χ1n) is 4.89. The number of fused-ring (bicyclic) bond motifs is 1. The van der Waals surface area contributed by atoms with Gasteiger partial charge in [-0.1, -0.05) is 0 Å². The monoisotopic (exact) mass is 226 g/mol. The quantitative estimate of drug-likeness (QED) is 0.721. The van der Waals surface area contributed by atoms with E-state index in [4.69, 9.17) is 14.2 Å². The van der Waals surface area contributed by atoms with Crippen LogP contribution in [0.3, 0.4) is 0 Å². The molecule has 0 saturated heterocycles. The summed E-state index contributed by atoms with van der Waals surface area (Å²) in [7, 11) is 1.30. The molecule has 0 spiro atoms. The zero-order chi connectivity index (χ0) is 11.5. The van der Waals surface area contributed by atoms with Crippen molar-refractivity contribution in [1.82, 2.24) is 0 Å². The van der Waals surface area contributed by atoms with Crippen molar-refractivity contribution in [2.75, 3.05) is 20.3 Å². The average Bonchev–Trinajstić information content (AvgIpc) is 2.52. The Morgan fingerprint density at radius 3 is 2.88 bits per heavy atom. The number of benzene rings is 1. The van der Waals surface area contributed by atoms with Crippen LogP contribution in [-0.2, 0) is 0 Å². The predicted molar refractivity (Wildman–Crippen MR) is 53.9 cm³/mol. The molecule has 1 aromatic rings. The minimum atomic E-state index is -0.631. The second-order valence-corrected chi connectivity index (χ2v) is 3.30. The van der Waals surface area contributed by atoms with Gasteiger partial charge in [0.25, 0.3) is 0 Å². The van der Waals surface area contributed by atoms with Crippen molar-refractivity contribution < 1.29 is 23.4 Å². The van der Waals surface area contributed by atoms with Crippen LogP contribution in [0.15, 0.2) is 6.07 Å². The molecule has 1 heterocycles. The minimum Gasteiger partial charge on any atom is -0.493 e. The summed E-state index contributed by atoms with van der Waals surface area (Å²) >= 11 is 0. The molecule has 0 N–H and O–H groups in total. The fraction of sp³-hybridized carbons (Fsp3) is 0.364. The van der Waals surface area contributed by atoms with E-state index in [0.717, 1.165) is 0 Å². The van der Waals surface area contributed by atoms with Crippen LogP contribution in [-0.4, -0.2) is 26.6 Å². The lowest BCUT2D eigenvalue weighted by atomic mass is 10.1. The van der Waals surface area contributed by atoms with Gasteiger partial charge >= 0.3 is 0 Å². The third kappa shape index (κ3) is 1.68. The molecule has 16 heavy (non-hydrogen) atoms. The van der Waals surface area contributed by atoms with E-state index in [1.807, 2.05) is 0 Å². The normalized spacial score (nSPS) is 14.1. The van der Waals surface area contributed by atoms with E-state index >= 15 is 0 Å². The zero-order valence-corrected chi connectivity index (χ0v) is 8.79. The number of aldehydes is 1. The van der Waals surface area contributed by atoms with Gasteiger partial charge in [0, 0.05) is 12.5 Å². The maximum Gasteiger partial charge on any atom is 0.175 e. The molecule has 1 aromatic carbocycles. The molecule has 0 atom stereocenters. The highest BCUT2D eigenvalue weighted by Gasteiger charge is 2.22. The fourth-order valence-electron chi connectivity index (χ4n) is 1.60. The van der Waals surface area contributed by atoms with Crippen molar-refractivity contribution in [1.29, 1.82) is 0 Å². The van der Waals surface area contributed by atoms with E-state index in [1.165, 1.54) is 13.2 Å². The van der Waals surface area contributed by atoms with Crippen LogP contribution in [0.25, 0.3) is 0 Å². The molecule has 0 aliphatic carbocycles. The number of hydrogen-bond acceptors (Lipinski definition) is 4. The van der Waals surface area contributed by atoms with Gasteiger partial charge in [-0.3, -0.25) is 4.79 Å². The van der Waals surface area contributed by atoms with Crippen LogP contribution in [0.2, 0.25) is 0 Å². The molecule has 0 radical (unpaired) electrons. The molecule has 2 rings (SSSR count). The molecule has 0 bridgehead atoms. The highest BCUT2D eigenvalue weighted by Crippen LogP contribution is 2.39. The fourth-order valence-corrected chi connectivity index (χ4v) is 1.60. The summed E-state index contributed by atoms with van der Waals surface area (Å²) in [4.78, 5) is 10.9. The van der Waals surface area contributed by atoms with Crippen molar-refractivity contribution in [2.24, 2.45) is 0 Å². The number of carbonyl (C=O) groups is 1. The summed E-state index contributed by atoms with van der Waals surface area (Å²) in [5.41, 5.74) is 0.0550. The SMILES string of the molecule is COc1c(F)cc2c(c1C=O)OCCCO2. The summed E-state index contributed by atoms with van der Waals surface area (Å²) in [6.45, 7) is 0.875. The average molecular weight is 226 g/mol. The Kier molecular flexibility index (Phi) is 2.94. The summed E-state index contributed by atoms with van der Waals surface area (Å²) < 4.78 is 29.0. The Hall–Kier alpha value is -1.78. The van der Waals surface area contributed by atoms with Crippen LogP contribution in [0.5, 0.6) is 17.2 Å². The van der Waals surface area contributed by atoms with Crippen molar-refractivity contribution >= 4 is 6.29 Å². The first kappa shape index (κ1) is 10.7. The van der Waals surface area contributed by atoms with Crippen molar-refractivity contribution in [3.05, 3.63) is 17.4 Å². The largest absolute Gasteiger partial charge is 0.493 e. The molecule has 0 amide bonds. The third-order valence-corrected chi connectivity index (χ3v) is 2.30. The number of halogens is 1. The number of rotatable bonds is 2. The standard InChI is InChI=1S/C11H11FO4/c1-14-10-7(6-13)11-9(5-8(10)12)15-3-2-4-16-11/h5-6H,2-4H2,1H3. The Bertz CT molecular complexity index is 417. The van der Waals surface area contributed by atoms with Gasteiger partial charge in [-0.05, 0) is 0 Å². The van der Waals surface area contributed by atoms with Crippen LogP contribution in [0, 0.1) is 5.82 Å². The van der Waals surface area contributed by atoms with E-state index in [9.17, 15) is 9.18 Å². The highest BCUT2D eigenvalue weighted by atomic mass is 19.1. The van der Waals surface area contributed by atoms with E-state index in [-0.39, 0.29) is 22.8 Å². The lowest BCUT2D eigenvalue weighted by Crippen LogP contribution is -2.01. The van der Waals surface area contributed by atoms with Crippen LogP contribution in [0.4, 0.5) is 4.39 Å². The second-order valence-electron chi connectivity index (χ2n) is 3.30. The van der Waals surface area contributed by atoms with Gasteiger partial charge in [0.15, 0.2) is 29.4 Å². The lowest BCUT2D eigenvalue weighted by Gasteiger charge is -2.13.